The number of methoxy groups -OCH3 is 1. The molecule has 4 heteroatoms. The number of halogens is 1. The molecule has 1 aromatic carbocycles. The van der Waals surface area contributed by atoms with Crippen molar-refractivity contribution in [2.24, 2.45) is 0 Å². The van der Waals surface area contributed by atoms with E-state index in [-0.39, 0.29) is 5.91 Å². The molecule has 2 rings (SSSR count). The van der Waals surface area contributed by atoms with Crippen molar-refractivity contribution in [3.63, 3.8) is 0 Å². The predicted octanol–water partition coefficient (Wildman–Crippen LogP) is 2.69. The molecule has 0 N–H and O–H groups in total. The lowest BCUT2D eigenvalue weighted by Gasteiger charge is -2.17. The maximum absolute atomic E-state index is 12.2. The van der Waals surface area contributed by atoms with Crippen molar-refractivity contribution in [1.82, 2.24) is 4.90 Å². The van der Waals surface area contributed by atoms with Gasteiger partial charge in [-0.3, -0.25) is 4.79 Å². The van der Waals surface area contributed by atoms with Crippen molar-refractivity contribution in [2.45, 2.75) is 12.8 Å². The molecule has 1 aliphatic heterocycles. The molecule has 0 radical (unpaired) electrons. The van der Waals surface area contributed by atoms with Crippen LogP contribution in [-0.2, 0) is 0 Å². The van der Waals surface area contributed by atoms with E-state index in [4.69, 9.17) is 4.74 Å². The summed E-state index contributed by atoms with van der Waals surface area (Å²) in [5, 5.41) is 0. The van der Waals surface area contributed by atoms with Crippen LogP contribution in [0.4, 0.5) is 0 Å². The minimum Gasteiger partial charge on any atom is -0.495 e. The summed E-state index contributed by atoms with van der Waals surface area (Å²) < 4.78 is 6.08. The molecule has 0 aliphatic carbocycles. The Kier molecular flexibility index (Phi) is 3.49. The maximum atomic E-state index is 12.2. The molecule has 16 heavy (non-hydrogen) atoms. The normalized spacial score (nSPS) is 15.2. The number of para-hydroxylation sites is 1. The zero-order valence-electron chi connectivity index (χ0n) is 9.20. The Morgan fingerprint density at radius 3 is 2.69 bits per heavy atom. The Morgan fingerprint density at radius 2 is 2.06 bits per heavy atom. The van der Waals surface area contributed by atoms with Crippen LogP contribution in [0.25, 0.3) is 0 Å². The van der Waals surface area contributed by atoms with Gasteiger partial charge in [0.05, 0.1) is 17.1 Å². The van der Waals surface area contributed by atoms with Gasteiger partial charge in [-0.1, -0.05) is 6.07 Å². The highest BCUT2D eigenvalue weighted by atomic mass is 79.9. The van der Waals surface area contributed by atoms with Crippen LogP contribution >= 0.6 is 15.9 Å². The maximum Gasteiger partial charge on any atom is 0.257 e. The van der Waals surface area contributed by atoms with Crippen molar-refractivity contribution in [3.8, 4) is 5.75 Å². The first-order valence-electron chi connectivity index (χ1n) is 5.36. The molecular weight excluding hydrogens is 270 g/mol. The first-order valence-corrected chi connectivity index (χ1v) is 6.15. The van der Waals surface area contributed by atoms with Crippen molar-refractivity contribution in [3.05, 3.63) is 28.2 Å². The zero-order valence-corrected chi connectivity index (χ0v) is 10.8. The van der Waals surface area contributed by atoms with Crippen LogP contribution in [0.15, 0.2) is 22.7 Å². The Balaban J connectivity index is 2.31. The quantitative estimate of drug-likeness (QED) is 0.835. The molecule has 0 unspecified atom stereocenters. The molecule has 0 saturated carbocycles. The van der Waals surface area contributed by atoms with Crippen LogP contribution in [0.2, 0.25) is 0 Å². The fourth-order valence-corrected chi connectivity index (χ4v) is 2.50. The van der Waals surface area contributed by atoms with Gasteiger partial charge in [0.1, 0.15) is 5.75 Å². The molecule has 1 heterocycles. The number of hydrogen-bond acceptors (Lipinski definition) is 2. The van der Waals surface area contributed by atoms with Crippen molar-refractivity contribution in [2.75, 3.05) is 20.2 Å². The number of rotatable bonds is 2. The fourth-order valence-electron chi connectivity index (χ4n) is 1.98. The smallest absolute Gasteiger partial charge is 0.257 e. The van der Waals surface area contributed by atoms with E-state index in [2.05, 4.69) is 15.9 Å². The van der Waals surface area contributed by atoms with E-state index < -0.39 is 0 Å². The fraction of sp³-hybridized carbons (Fsp3) is 0.417. The molecule has 0 spiro atoms. The first kappa shape index (κ1) is 11.5. The molecule has 0 aromatic heterocycles. The van der Waals surface area contributed by atoms with Gasteiger partial charge in [0.25, 0.3) is 5.91 Å². The first-order chi connectivity index (χ1) is 7.74. The molecule has 0 atom stereocenters. The van der Waals surface area contributed by atoms with E-state index in [0.29, 0.717) is 11.3 Å². The van der Waals surface area contributed by atoms with Gasteiger partial charge in [0.15, 0.2) is 0 Å². The van der Waals surface area contributed by atoms with Gasteiger partial charge in [-0.05, 0) is 40.9 Å². The van der Waals surface area contributed by atoms with Crippen LogP contribution in [0.5, 0.6) is 5.75 Å². The number of benzene rings is 1. The van der Waals surface area contributed by atoms with E-state index in [0.717, 1.165) is 30.4 Å². The molecule has 0 bridgehead atoms. The van der Waals surface area contributed by atoms with Crippen LogP contribution in [0.1, 0.15) is 23.2 Å². The number of likely N-dealkylation sites (tertiary alicyclic amines) is 1. The van der Waals surface area contributed by atoms with Gasteiger partial charge in [-0.15, -0.1) is 0 Å². The van der Waals surface area contributed by atoms with Crippen molar-refractivity contribution >= 4 is 21.8 Å². The molecule has 1 amide bonds. The van der Waals surface area contributed by atoms with E-state index in [1.165, 1.54) is 0 Å². The highest BCUT2D eigenvalue weighted by Gasteiger charge is 2.23. The Hall–Kier alpha value is -1.03. The number of ether oxygens (including phenoxy) is 1. The summed E-state index contributed by atoms with van der Waals surface area (Å²) in [6.45, 7) is 1.71. The lowest BCUT2D eigenvalue weighted by Crippen LogP contribution is -2.28. The second-order valence-corrected chi connectivity index (χ2v) is 4.67. The average Bonchev–Trinajstić information content (AvgIpc) is 2.81. The van der Waals surface area contributed by atoms with Crippen molar-refractivity contribution in [1.29, 1.82) is 0 Å². The highest BCUT2D eigenvalue weighted by Crippen LogP contribution is 2.30. The number of nitrogens with zero attached hydrogens (tertiary/aromatic N) is 1. The van der Waals surface area contributed by atoms with Gasteiger partial charge in [-0.25, -0.2) is 0 Å². The van der Waals surface area contributed by atoms with Gasteiger partial charge in [0, 0.05) is 13.1 Å². The lowest BCUT2D eigenvalue weighted by atomic mass is 10.2. The summed E-state index contributed by atoms with van der Waals surface area (Å²) >= 11 is 3.39. The van der Waals surface area contributed by atoms with Gasteiger partial charge >= 0.3 is 0 Å². The van der Waals surface area contributed by atoms with Crippen molar-refractivity contribution < 1.29 is 9.53 Å². The van der Waals surface area contributed by atoms with Crippen LogP contribution in [-0.4, -0.2) is 31.0 Å². The van der Waals surface area contributed by atoms with Crippen LogP contribution < -0.4 is 4.74 Å². The minimum atomic E-state index is 0.0654. The molecule has 86 valence electrons. The van der Waals surface area contributed by atoms with E-state index in [1.807, 2.05) is 23.1 Å². The van der Waals surface area contributed by atoms with Gasteiger partial charge < -0.3 is 9.64 Å². The molecule has 3 nitrogen and oxygen atoms in total. The highest BCUT2D eigenvalue weighted by molar-refractivity contribution is 9.10. The second kappa shape index (κ2) is 4.87. The van der Waals surface area contributed by atoms with Gasteiger partial charge in [0.2, 0.25) is 0 Å². The molecule has 1 saturated heterocycles. The minimum absolute atomic E-state index is 0.0654. The molecular formula is C12H14BrNO2. The van der Waals surface area contributed by atoms with E-state index in [9.17, 15) is 4.79 Å². The standard InChI is InChI=1S/C12H14BrNO2/c1-16-11-9(5-4-6-10(11)13)12(15)14-7-2-3-8-14/h4-6H,2-3,7-8H2,1H3. The zero-order chi connectivity index (χ0) is 11.5. The van der Waals surface area contributed by atoms with Crippen LogP contribution in [0.3, 0.4) is 0 Å². The summed E-state index contributed by atoms with van der Waals surface area (Å²) in [4.78, 5) is 14.1. The summed E-state index contributed by atoms with van der Waals surface area (Å²) in [6.07, 6.45) is 2.20. The monoisotopic (exact) mass is 283 g/mol. The number of carbonyl (C=O) groups excluding carboxylic acids is 1. The summed E-state index contributed by atoms with van der Waals surface area (Å²) in [5.74, 6) is 0.690. The third-order valence-corrected chi connectivity index (χ3v) is 3.42. The molecule has 1 fully saturated rings. The second-order valence-electron chi connectivity index (χ2n) is 3.82. The summed E-state index contributed by atoms with van der Waals surface area (Å²) in [5.41, 5.74) is 0.638. The summed E-state index contributed by atoms with van der Waals surface area (Å²) in [6, 6.07) is 5.54. The number of amides is 1. The number of carbonyl (C=O) groups is 1. The Labute approximate surface area is 104 Å². The number of hydrogen-bond donors (Lipinski definition) is 0. The Bertz CT molecular complexity index is 400. The lowest BCUT2D eigenvalue weighted by molar-refractivity contribution is 0.0789. The SMILES string of the molecule is COc1c(Br)cccc1C(=O)N1CCCC1. The molecule has 1 aliphatic rings. The topological polar surface area (TPSA) is 29.5 Å². The van der Waals surface area contributed by atoms with Gasteiger partial charge in [-0.2, -0.15) is 0 Å². The predicted molar refractivity (Wildman–Crippen MR) is 65.8 cm³/mol. The third-order valence-electron chi connectivity index (χ3n) is 2.79. The Morgan fingerprint density at radius 1 is 1.38 bits per heavy atom. The largest absolute Gasteiger partial charge is 0.495 e. The average molecular weight is 284 g/mol. The van der Waals surface area contributed by atoms with Crippen LogP contribution in [0, 0.1) is 0 Å². The van der Waals surface area contributed by atoms with E-state index in [1.54, 1.807) is 7.11 Å². The third kappa shape index (κ3) is 2.07. The molecule has 1 aromatic rings. The summed E-state index contributed by atoms with van der Waals surface area (Å²) in [7, 11) is 1.58. The van der Waals surface area contributed by atoms with E-state index >= 15 is 0 Å².